The molecule has 2 N–H and O–H groups in total. The number of rotatable bonds is 1. The molecule has 0 fully saturated rings. The first-order chi connectivity index (χ1) is 11.2. The highest BCUT2D eigenvalue weighted by molar-refractivity contribution is 6.22. The van der Waals surface area contributed by atoms with Crippen LogP contribution in [0.2, 0.25) is 0 Å². The predicted molar refractivity (Wildman–Crippen MR) is 89.3 cm³/mol. The zero-order valence-corrected chi connectivity index (χ0v) is 14.4. The van der Waals surface area contributed by atoms with Crippen LogP contribution in [-0.2, 0) is 5.41 Å². The van der Waals surface area contributed by atoms with Crippen LogP contribution in [0.1, 0.15) is 53.9 Å². The molecule has 2 aromatic rings. The van der Waals surface area contributed by atoms with Gasteiger partial charge in [-0.15, -0.1) is 0 Å². The number of phenolic OH excluding ortho intramolecular Hbond substituents is 1. The van der Waals surface area contributed by atoms with Crippen LogP contribution >= 0.6 is 0 Å². The van der Waals surface area contributed by atoms with Crippen LogP contribution in [-0.4, -0.2) is 29.2 Å². The average molecular weight is 328 g/mol. The zero-order chi connectivity index (χ0) is 17.5. The Morgan fingerprint density at radius 2 is 1.96 bits per heavy atom. The zero-order valence-electron chi connectivity index (χ0n) is 14.4. The molecule has 1 aliphatic heterocycles. The number of ketones is 1. The molecular formula is C19H20O5. The maximum absolute atomic E-state index is 12.7. The summed E-state index contributed by atoms with van der Waals surface area (Å²) in [4.78, 5) is 12.7. The molecule has 126 valence electrons. The standard InChI is InChI=1S/C19H20O5/c1-7-6-9(23-5)11-12-10(7)18-14(19(3,4)8(2)24-18)15(20)13(12)17(22)16(11)21/h6,8,16,20-21H,1-5H3. The van der Waals surface area contributed by atoms with Gasteiger partial charge in [0.05, 0.1) is 12.7 Å². The van der Waals surface area contributed by atoms with Crippen LogP contribution in [0.4, 0.5) is 0 Å². The first kappa shape index (κ1) is 15.3. The van der Waals surface area contributed by atoms with Crippen molar-refractivity contribution in [2.75, 3.05) is 7.11 Å². The molecule has 4 rings (SSSR count). The molecule has 24 heavy (non-hydrogen) atoms. The van der Waals surface area contributed by atoms with Gasteiger partial charge in [-0.2, -0.15) is 0 Å². The molecule has 0 radical (unpaired) electrons. The van der Waals surface area contributed by atoms with Gasteiger partial charge in [0.2, 0.25) is 0 Å². The first-order valence-corrected chi connectivity index (χ1v) is 8.01. The second-order valence-electron chi connectivity index (χ2n) is 7.24. The molecule has 0 spiro atoms. The highest BCUT2D eigenvalue weighted by Crippen LogP contribution is 2.58. The Balaban J connectivity index is 2.27. The number of phenols is 1. The molecular weight excluding hydrogens is 308 g/mol. The Morgan fingerprint density at radius 1 is 1.29 bits per heavy atom. The summed E-state index contributed by atoms with van der Waals surface area (Å²) in [6.07, 6.45) is -1.46. The van der Waals surface area contributed by atoms with Crippen molar-refractivity contribution >= 4 is 16.6 Å². The van der Waals surface area contributed by atoms with Crippen LogP contribution in [0, 0.1) is 6.92 Å². The van der Waals surface area contributed by atoms with E-state index in [0.717, 1.165) is 10.9 Å². The van der Waals surface area contributed by atoms with Gasteiger partial charge in [0.1, 0.15) is 29.5 Å². The summed E-state index contributed by atoms with van der Waals surface area (Å²) in [6, 6.07) is 1.81. The molecule has 0 saturated carbocycles. The van der Waals surface area contributed by atoms with E-state index in [4.69, 9.17) is 9.47 Å². The lowest BCUT2D eigenvalue weighted by Gasteiger charge is -2.23. The van der Waals surface area contributed by atoms with E-state index in [0.29, 0.717) is 28.0 Å². The Labute approximate surface area is 139 Å². The second-order valence-corrected chi connectivity index (χ2v) is 7.24. The molecule has 5 heteroatoms. The Morgan fingerprint density at radius 3 is 2.58 bits per heavy atom. The van der Waals surface area contributed by atoms with Crippen molar-refractivity contribution in [2.24, 2.45) is 0 Å². The SMILES string of the molecule is COc1cc(C)c2c3c(c(O)c4c2c1C(O)C4=O)C(C)(C)C(C)O3. The van der Waals surface area contributed by atoms with Gasteiger partial charge in [0.25, 0.3) is 0 Å². The lowest BCUT2D eigenvalue weighted by Crippen LogP contribution is -2.29. The first-order valence-electron chi connectivity index (χ1n) is 8.01. The lowest BCUT2D eigenvalue weighted by molar-refractivity contribution is 0.0759. The molecule has 1 aliphatic carbocycles. The molecule has 2 aromatic carbocycles. The summed E-state index contributed by atoms with van der Waals surface area (Å²) in [5.41, 5.74) is 1.68. The van der Waals surface area contributed by atoms with Crippen molar-refractivity contribution in [3.63, 3.8) is 0 Å². The number of aryl methyl sites for hydroxylation is 1. The third-order valence-corrected chi connectivity index (χ3v) is 5.65. The van der Waals surface area contributed by atoms with Crippen molar-refractivity contribution in [3.05, 3.63) is 28.3 Å². The number of carbonyl (C=O) groups excluding carboxylic acids is 1. The molecule has 0 saturated heterocycles. The number of aromatic hydroxyl groups is 1. The number of methoxy groups -OCH3 is 1. The summed E-state index contributed by atoms with van der Waals surface area (Å²) < 4.78 is 11.4. The predicted octanol–water partition coefficient (Wildman–Crippen LogP) is 3.15. The van der Waals surface area contributed by atoms with Crippen molar-refractivity contribution in [1.82, 2.24) is 0 Å². The number of ether oxygens (including phenoxy) is 2. The number of Topliss-reactive ketones (excluding diaryl/α,β-unsaturated/α-hetero) is 1. The lowest BCUT2D eigenvalue weighted by atomic mass is 9.79. The highest BCUT2D eigenvalue weighted by Gasteiger charge is 2.47. The average Bonchev–Trinajstić information content (AvgIpc) is 2.90. The number of fused-ring (bicyclic) bond motifs is 2. The van der Waals surface area contributed by atoms with Crippen molar-refractivity contribution < 1.29 is 24.5 Å². The fourth-order valence-corrected chi connectivity index (χ4v) is 4.02. The molecule has 2 unspecified atom stereocenters. The van der Waals surface area contributed by atoms with Gasteiger partial charge in [0, 0.05) is 27.3 Å². The highest BCUT2D eigenvalue weighted by atomic mass is 16.5. The number of aliphatic hydroxyl groups excluding tert-OH is 1. The maximum Gasteiger partial charge on any atom is 0.200 e. The number of hydrogen-bond acceptors (Lipinski definition) is 5. The van der Waals surface area contributed by atoms with Crippen molar-refractivity contribution in [3.8, 4) is 17.2 Å². The summed E-state index contributed by atoms with van der Waals surface area (Å²) >= 11 is 0. The van der Waals surface area contributed by atoms with Crippen LogP contribution < -0.4 is 9.47 Å². The van der Waals surface area contributed by atoms with Gasteiger partial charge in [-0.1, -0.05) is 13.8 Å². The molecule has 2 atom stereocenters. The van der Waals surface area contributed by atoms with Crippen LogP contribution in [0.15, 0.2) is 6.07 Å². The largest absolute Gasteiger partial charge is 0.507 e. The van der Waals surface area contributed by atoms with E-state index in [9.17, 15) is 15.0 Å². The van der Waals surface area contributed by atoms with Gasteiger partial charge in [-0.3, -0.25) is 4.79 Å². The fourth-order valence-electron chi connectivity index (χ4n) is 4.02. The summed E-state index contributed by atoms with van der Waals surface area (Å²) in [5.74, 6) is 0.480. The van der Waals surface area contributed by atoms with Gasteiger partial charge >= 0.3 is 0 Å². The molecule has 0 aromatic heterocycles. The van der Waals surface area contributed by atoms with Gasteiger partial charge in [-0.05, 0) is 25.5 Å². The van der Waals surface area contributed by atoms with Gasteiger partial charge in [-0.25, -0.2) is 0 Å². The third-order valence-electron chi connectivity index (χ3n) is 5.65. The van der Waals surface area contributed by atoms with E-state index in [1.807, 2.05) is 27.7 Å². The molecule has 0 amide bonds. The fraction of sp³-hybridized carbons (Fsp3) is 0.421. The van der Waals surface area contributed by atoms with Crippen LogP contribution in [0.5, 0.6) is 17.2 Å². The topological polar surface area (TPSA) is 76.0 Å². The van der Waals surface area contributed by atoms with E-state index in [2.05, 4.69) is 0 Å². The quantitative estimate of drug-likeness (QED) is 0.841. The smallest absolute Gasteiger partial charge is 0.200 e. The molecule has 0 bridgehead atoms. The molecule has 2 aliphatic rings. The van der Waals surface area contributed by atoms with Crippen molar-refractivity contribution in [1.29, 1.82) is 0 Å². The minimum atomic E-state index is -1.33. The molecule has 1 heterocycles. The van der Waals surface area contributed by atoms with Crippen LogP contribution in [0.3, 0.4) is 0 Å². The molecule has 5 nitrogen and oxygen atoms in total. The summed E-state index contributed by atoms with van der Waals surface area (Å²) in [5, 5.41) is 22.6. The van der Waals surface area contributed by atoms with E-state index in [-0.39, 0.29) is 17.4 Å². The van der Waals surface area contributed by atoms with E-state index < -0.39 is 17.3 Å². The van der Waals surface area contributed by atoms with Gasteiger partial charge < -0.3 is 19.7 Å². The summed E-state index contributed by atoms with van der Waals surface area (Å²) in [6.45, 7) is 7.83. The normalized spacial score (nSPS) is 23.5. The van der Waals surface area contributed by atoms with E-state index in [1.165, 1.54) is 7.11 Å². The Kier molecular flexibility index (Phi) is 2.81. The minimum Gasteiger partial charge on any atom is -0.507 e. The second kappa shape index (κ2) is 4.42. The maximum atomic E-state index is 12.7. The number of hydrogen-bond donors (Lipinski definition) is 2. The third kappa shape index (κ3) is 1.51. The summed E-state index contributed by atoms with van der Waals surface area (Å²) in [7, 11) is 1.50. The van der Waals surface area contributed by atoms with Crippen molar-refractivity contribution in [2.45, 2.75) is 45.3 Å². The van der Waals surface area contributed by atoms with E-state index in [1.54, 1.807) is 6.07 Å². The minimum absolute atomic E-state index is 0.0812. The number of carbonyl (C=O) groups is 1. The van der Waals surface area contributed by atoms with Crippen LogP contribution in [0.25, 0.3) is 10.8 Å². The number of aliphatic hydroxyl groups is 1. The van der Waals surface area contributed by atoms with E-state index >= 15 is 0 Å². The van der Waals surface area contributed by atoms with Gasteiger partial charge in [0.15, 0.2) is 5.78 Å². The Bertz CT molecular complexity index is 926. The Hall–Kier alpha value is -2.27. The monoisotopic (exact) mass is 328 g/mol. The number of benzene rings is 2.